The van der Waals surface area contributed by atoms with Crippen LogP contribution in [0.5, 0.6) is 0 Å². The van der Waals surface area contributed by atoms with Crippen LogP contribution in [0.4, 0.5) is 0 Å². The van der Waals surface area contributed by atoms with Gasteiger partial charge in [0.25, 0.3) is 0 Å². The van der Waals surface area contributed by atoms with Gasteiger partial charge in [0.2, 0.25) is 0 Å². The lowest BCUT2D eigenvalue weighted by Gasteiger charge is -2.30. The number of aromatic nitrogens is 1. The van der Waals surface area contributed by atoms with Crippen LogP contribution < -0.4 is 5.32 Å². The van der Waals surface area contributed by atoms with Gasteiger partial charge in [0.1, 0.15) is 5.01 Å². The number of hydrogen-bond acceptors (Lipinski definition) is 5. The third kappa shape index (κ3) is 4.15. The summed E-state index contributed by atoms with van der Waals surface area (Å²) in [5, 5.41) is 6.72. The topological polar surface area (TPSA) is 24.9 Å². The van der Waals surface area contributed by atoms with Gasteiger partial charge in [-0.2, -0.15) is 11.8 Å². The zero-order chi connectivity index (χ0) is 14.7. The first kappa shape index (κ1) is 16.7. The molecular formula is C15H26N2S3. The van der Waals surface area contributed by atoms with E-state index in [-0.39, 0.29) is 0 Å². The largest absolute Gasteiger partial charge is 0.315 e. The van der Waals surface area contributed by atoms with E-state index in [4.69, 9.17) is 4.98 Å². The molecule has 1 aromatic heterocycles. The minimum atomic E-state index is 0.590. The summed E-state index contributed by atoms with van der Waals surface area (Å²) < 4.78 is 0. The molecule has 1 saturated heterocycles. The van der Waals surface area contributed by atoms with Gasteiger partial charge in [-0.15, -0.1) is 23.1 Å². The lowest BCUT2D eigenvalue weighted by molar-refractivity contribution is 0.629. The number of nitrogens with one attached hydrogen (secondary N) is 1. The van der Waals surface area contributed by atoms with E-state index >= 15 is 0 Å². The highest BCUT2D eigenvalue weighted by atomic mass is 32.2. The minimum Gasteiger partial charge on any atom is -0.315 e. The molecule has 20 heavy (non-hydrogen) atoms. The van der Waals surface area contributed by atoms with Gasteiger partial charge in [-0.05, 0) is 19.4 Å². The van der Waals surface area contributed by atoms with Gasteiger partial charge >= 0.3 is 0 Å². The number of thioether (sulfide) groups is 2. The van der Waals surface area contributed by atoms with Crippen LogP contribution in [-0.2, 0) is 13.0 Å². The van der Waals surface area contributed by atoms with E-state index < -0.39 is 0 Å². The summed E-state index contributed by atoms with van der Waals surface area (Å²) >= 11 is 6.14. The van der Waals surface area contributed by atoms with Crippen molar-refractivity contribution >= 4 is 34.9 Å². The molecule has 1 aliphatic heterocycles. The summed E-state index contributed by atoms with van der Waals surface area (Å²) in [7, 11) is 2.02. The molecule has 1 fully saturated rings. The van der Waals surface area contributed by atoms with Gasteiger partial charge in [-0.3, -0.25) is 0 Å². The van der Waals surface area contributed by atoms with Crippen molar-refractivity contribution in [3.05, 3.63) is 15.6 Å². The number of thiazole rings is 1. The van der Waals surface area contributed by atoms with Gasteiger partial charge in [0.05, 0.1) is 10.9 Å². The van der Waals surface area contributed by atoms with Gasteiger partial charge in [0.15, 0.2) is 0 Å². The molecule has 0 aliphatic carbocycles. The zero-order valence-electron chi connectivity index (χ0n) is 13.1. The average Bonchev–Trinajstić information content (AvgIpc) is 2.76. The Bertz CT molecular complexity index is 431. The molecule has 114 valence electrons. The molecule has 0 radical (unpaired) electrons. The van der Waals surface area contributed by atoms with Crippen LogP contribution in [-0.4, -0.2) is 28.3 Å². The first-order valence-corrected chi connectivity index (χ1v) is 10.2. The second kappa shape index (κ2) is 7.52. The molecule has 1 aliphatic rings. The predicted molar refractivity (Wildman–Crippen MR) is 95.1 cm³/mol. The van der Waals surface area contributed by atoms with Crippen molar-refractivity contribution in [1.29, 1.82) is 0 Å². The third-order valence-electron chi connectivity index (χ3n) is 3.56. The van der Waals surface area contributed by atoms with Crippen molar-refractivity contribution in [3.63, 3.8) is 0 Å². The fourth-order valence-electron chi connectivity index (χ4n) is 2.30. The molecule has 0 aromatic carbocycles. The van der Waals surface area contributed by atoms with Crippen molar-refractivity contribution in [1.82, 2.24) is 10.3 Å². The van der Waals surface area contributed by atoms with Crippen molar-refractivity contribution in [2.24, 2.45) is 5.92 Å². The fourth-order valence-corrected chi connectivity index (χ4v) is 6.60. The van der Waals surface area contributed by atoms with E-state index in [9.17, 15) is 0 Å². The highest BCUT2D eigenvalue weighted by Gasteiger charge is 2.29. The Morgan fingerprint density at radius 2 is 2.05 bits per heavy atom. The normalized spacial score (nSPS) is 27.2. The van der Waals surface area contributed by atoms with Crippen LogP contribution >= 0.6 is 34.9 Å². The minimum absolute atomic E-state index is 0.590. The highest BCUT2D eigenvalue weighted by Crippen LogP contribution is 2.45. The molecule has 5 heteroatoms. The average molecular weight is 331 g/mol. The molecular weight excluding hydrogens is 304 g/mol. The summed E-state index contributed by atoms with van der Waals surface area (Å²) in [5.41, 5.74) is 1.33. The molecule has 2 nitrogen and oxygen atoms in total. The molecule has 2 heterocycles. The maximum absolute atomic E-state index is 5.00. The Morgan fingerprint density at radius 1 is 1.30 bits per heavy atom. The van der Waals surface area contributed by atoms with Gasteiger partial charge in [-0.25, -0.2) is 4.98 Å². The predicted octanol–water partition coefficient (Wildman–Crippen LogP) is 4.36. The maximum Gasteiger partial charge on any atom is 0.107 e. The molecule has 3 unspecified atom stereocenters. The number of nitrogens with zero attached hydrogens (tertiary/aromatic N) is 1. The zero-order valence-corrected chi connectivity index (χ0v) is 15.6. The molecule has 0 bridgehead atoms. The Balaban J connectivity index is 2.15. The highest BCUT2D eigenvalue weighted by molar-refractivity contribution is 8.07. The van der Waals surface area contributed by atoms with Crippen molar-refractivity contribution in [3.8, 4) is 0 Å². The molecule has 0 spiro atoms. The summed E-state index contributed by atoms with van der Waals surface area (Å²) in [5.74, 6) is 1.89. The number of rotatable bonds is 5. The summed E-state index contributed by atoms with van der Waals surface area (Å²) in [6, 6.07) is 0. The Kier molecular flexibility index (Phi) is 6.26. The Hall–Kier alpha value is 0.290. The van der Waals surface area contributed by atoms with E-state index in [1.54, 1.807) is 0 Å². The molecule has 1 aromatic rings. The third-order valence-corrected chi connectivity index (χ3v) is 8.32. The monoisotopic (exact) mass is 330 g/mol. The van der Waals surface area contributed by atoms with Crippen LogP contribution in [0, 0.1) is 5.92 Å². The van der Waals surface area contributed by atoms with E-state index in [0.717, 1.165) is 23.5 Å². The van der Waals surface area contributed by atoms with E-state index in [1.807, 2.05) is 18.4 Å². The first-order chi connectivity index (χ1) is 9.51. The van der Waals surface area contributed by atoms with Gasteiger partial charge in [-0.1, -0.05) is 27.7 Å². The Labute approximate surface area is 135 Å². The van der Waals surface area contributed by atoms with E-state index in [2.05, 4.69) is 56.5 Å². The fraction of sp³-hybridized carbons (Fsp3) is 0.800. The van der Waals surface area contributed by atoms with Crippen molar-refractivity contribution in [2.45, 2.75) is 56.4 Å². The summed E-state index contributed by atoms with van der Waals surface area (Å²) in [6.45, 7) is 10.2. The number of hydrogen-bond donors (Lipinski definition) is 1. The van der Waals surface area contributed by atoms with Crippen LogP contribution in [0.25, 0.3) is 0 Å². The van der Waals surface area contributed by atoms with Crippen LogP contribution in [0.3, 0.4) is 0 Å². The Morgan fingerprint density at radius 3 is 2.65 bits per heavy atom. The molecule has 1 N–H and O–H groups in total. The van der Waals surface area contributed by atoms with Crippen molar-refractivity contribution in [2.75, 3.05) is 12.8 Å². The van der Waals surface area contributed by atoms with Crippen LogP contribution in [0.1, 0.15) is 48.5 Å². The van der Waals surface area contributed by atoms with Crippen LogP contribution in [0.15, 0.2) is 0 Å². The van der Waals surface area contributed by atoms with E-state index in [1.165, 1.54) is 21.3 Å². The second-order valence-electron chi connectivity index (χ2n) is 5.92. The van der Waals surface area contributed by atoms with Crippen molar-refractivity contribution < 1.29 is 0 Å². The maximum atomic E-state index is 5.00. The molecule has 2 rings (SSSR count). The lowest BCUT2D eigenvalue weighted by atomic mass is 10.1. The first-order valence-electron chi connectivity index (χ1n) is 7.41. The van der Waals surface area contributed by atoms with Gasteiger partial charge in [0, 0.05) is 27.7 Å². The quantitative estimate of drug-likeness (QED) is 0.867. The standard InChI is InChI=1S/C15H26N2S3/c1-9(2)6-12-13(7-16-5)20-15(17-12)14-8-18-10(3)11(4)19-14/h9-11,14,16H,6-8H2,1-5H3. The summed E-state index contributed by atoms with van der Waals surface area (Å²) in [6.07, 6.45) is 1.10. The van der Waals surface area contributed by atoms with Crippen LogP contribution in [0.2, 0.25) is 0 Å². The van der Waals surface area contributed by atoms with E-state index in [0.29, 0.717) is 11.2 Å². The SMILES string of the molecule is CNCc1sc(C2CSC(C)C(C)S2)nc1CC(C)C. The molecule has 0 saturated carbocycles. The smallest absolute Gasteiger partial charge is 0.107 e. The molecule has 3 atom stereocenters. The lowest BCUT2D eigenvalue weighted by Crippen LogP contribution is -2.21. The summed E-state index contributed by atoms with van der Waals surface area (Å²) in [4.78, 5) is 6.43. The second-order valence-corrected chi connectivity index (χ2v) is 10.0. The molecule has 0 amide bonds. The van der Waals surface area contributed by atoms with Gasteiger partial charge < -0.3 is 5.32 Å².